The molecule has 0 spiro atoms. The van der Waals surface area contributed by atoms with Crippen molar-refractivity contribution in [3.05, 3.63) is 58.9 Å². The van der Waals surface area contributed by atoms with E-state index in [1.807, 2.05) is 25.3 Å². The first-order valence-electron chi connectivity index (χ1n) is 10.7. The molecule has 1 N–H and O–H groups in total. The Labute approximate surface area is 202 Å². The van der Waals surface area contributed by atoms with Crippen molar-refractivity contribution in [3.8, 4) is 24.1 Å². The van der Waals surface area contributed by atoms with Gasteiger partial charge in [0.2, 0.25) is 0 Å². The molecule has 10 heteroatoms. The summed E-state index contributed by atoms with van der Waals surface area (Å²) < 4.78 is 40.2. The third kappa shape index (κ3) is 6.33. The topological polar surface area (TPSA) is 85.2 Å². The maximum absolute atomic E-state index is 14.4. The zero-order valence-corrected chi connectivity index (χ0v) is 20.1. The molecule has 1 saturated heterocycles. The van der Waals surface area contributed by atoms with Crippen LogP contribution < -0.4 is 5.32 Å². The highest BCUT2D eigenvalue weighted by Crippen LogP contribution is 2.30. The van der Waals surface area contributed by atoms with Gasteiger partial charge in [0.1, 0.15) is 17.3 Å². The summed E-state index contributed by atoms with van der Waals surface area (Å²) in [6.45, 7) is 6.20. The van der Waals surface area contributed by atoms with Crippen molar-refractivity contribution in [2.24, 2.45) is 0 Å². The molecule has 4 rings (SSSR count). The highest BCUT2D eigenvalue weighted by Gasteiger charge is 2.21. The molecule has 8 nitrogen and oxygen atoms in total. The molecule has 186 valence electrons. The number of nitrogens with one attached hydrogen (secondary N) is 1. The lowest BCUT2D eigenvalue weighted by Gasteiger charge is -2.24. The first-order valence-corrected chi connectivity index (χ1v) is 10.7. The quantitative estimate of drug-likeness (QED) is 0.560. The van der Waals surface area contributed by atoms with Gasteiger partial charge >= 0.3 is 6.09 Å². The van der Waals surface area contributed by atoms with Crippen LogP contribution in [-0.4, -0.2) is 66.7 Å². The maximum Gasteiger partial charge on any atom is 0.409 e. The number of nitrogens with zero attached hydrogens (tertiary/aromatic N) is 3. The predicted octanol–water partition coefficient (Wildman–Crippen LogP) is 3.59. The standard InChI is InChI=1S/C17H15F2N3O.C6H11NO3.C2H2/c1-9-4-5-22-10(2)16(21-14(22)6-9)15-12(18)7-11(8-13(15)19)17(23)20-3;1-9-6(8)7-2-4-10-5-3-7;1-2/h4-8H,1-3H3,(H,20,23);2-5H2,1H3;1-2H. The number of aryl methyl sites for hydroxylation is 2. The second-order valence-electron chi connectivity index (χ2n) is 7.44. The minimum absolute atomic E-state index is 0.0662. The van der Waals surface area contributed by atoms with Crippen LogP contribution in [0.4, 0.5) is 13.6 Å². The molecule has 1 fully saturated rings. The van der Waals surface area contributed by atoms with E-state index in [0.29, 0.717) is 37.6 Å². The molecule has 3 heterocycles. The van der Waals surface area contributed by atoms with Gasteiger partial charge in [0.25, 0.3) is 5.91 Å². The lowest BCUT2D eigenvalue weighted by molar-refractivity contribution is 0.0334. The van der Waals surface area contributed by atoms with Crippen molar-refractivity contribution in [1.29, 1.82) is 0 Å². The van der Waals surface area contributed by atoms with Gasteiger partial charge in [-0.2, -0.15) is 0 Å². The van der Waals surface area contributed by atoms with Crippen molar-refractivity contribution in [2.45, 2.75) is 13.8 Å². The van der Waals surface area contributed by atoms with E-state index < -0.39 is 17.5 Å². The number of pyridine rings is 1. The Kier molecular flexibility index (Phi) is 9.73. The van der Waals surface area contributed by atoms with Gasteiger partial charge in [-0.05, 0) is 43.7 Å². The smallest absolute Gasteiger partial charge is 0.409 e. The lowest BCUT2D eigenvalue weighted by atomic mass is 10.1. The molecule has 1 aromatic carbocycles. The van der Waals surface area contributed by atoms with Crippen LogP contribution in [0.5, 0.6) is 0 Å². The van der Waals surface area contributed by atoms with Gasteiger partial charge in [0, 0.05) is 37.6 Å². The number of carbonyl (C=O) groups excluding carboxylic acids is 2. The monoisotopic (exact) mass is 486 g/mol. The van der Waals surface area contributed by atoms with Crippen LogP contribution in [0, 0.1) is 38.3 Å². The summed E-state index contributed by atoms with van der Waals surface area (Å²) in [5, 5.41) is 2.34. The van der Waals surface area contributed by atoms with Crippen molar-refractivity contribution in [2.75, 3.05) is 40.5 Å². The SMILES string of the molecule is C#C.CNC(=O)c1cc(F)c(-c2nc3cc(C)ccn3c2C)c(F)c1.COC(=O)N1CCOCC1. The van der Waals surface area contributed by atoms with E-state index in [2.05, 4.69) is 27.9 Å². The molecule has 0 unspecified atom stereocenters. The summed E-state index contributed by atoms with van der Waals surface area (Å²) in [5.41, 5.74) is 2.19. The Hall–Kier alpha value is -3.97. The number of fused-ring (bicyclic) bond motifs is 1. The number of aromatic nitrogens is 2. The largest absolute Gasteiger partial charge is 0.453 e. The minimum Gasteiger partial charge on any atom is -0.453 e. The van der Waals surface area contributed by atoms with Crippen LogP contribution in [0.2, 0.25) is 0 Å². The zero-order chi connectivity index (χ0) is 26.1. The number of carbonyl (C=O) groups is 2. The summed E-state index contributed by atoms with van der Waals surface area (Å²) >= 11 is 0. The van der Waals surface area contributed by atoms with Gasteiger partial charge in [-0.1, -0.05) is 0 Å². The van der Waals surface area contributed by atoms with Crippen LogP contribution in [0.1, 0.15) is 21.6 Å². The van der Waals surface area contributed by atoms with E-state index in [1.54, 1.807) is 16.2 Å². The number of rotatable bonds is 2. The maximum atomic E-state index is 14.4. The van der Waals surface area contributed by atoms with Gasteiger partial charge < -0.3 is 24.1 Å². The van der Waals surface area contributed by atoms with Crippen LogP contribution >= 0.6 is 0 Å². The second-order valence-corrected chi connectivity index (χ2v) is 7.44. The fraction of sp³-hybridized carbons (Fsp3) is 0.320. The normalized spacial score (nSPS) is 12.6. The van der Waals surface area contributed by atoms with Gasteiger partial charge in [-0.3, -0.25) is 4.79 Å². The molecule has 2 amide bonds. The number of terminal acetylenes is 1. The molecule has 1 aliphatic rings. The van der Waals surface area contributed by atoms with Gasteiger partial charge in [0.15, 0.2) is 0 Å². The average Bonchev–Trinajstić information content (AvgIpc) is 3.19. The Morgan fingerprint density at radius 1 is 1.11 bits per heavy atom. The average molecular weight is 487 g/mol. The van der Waals surface area contributed by atoms with E-state index >= 15 is 0 Å². The Morgan fingerprint density at radius 2 is 1.71 bits per heavy atom. The van der Waals surface area contributed by atoms with Crippen LogP contribution in [0.3, 0.4) is 0 Å². The molecule has 35 heavy (non-hydrogen) atoms. The summed E-state index contributed by atoms with van der Waals surface area (Å²) in [7, 11) is 2.79. The van der Waals surface area contributed by atoms with E-state index in [0.717, 1.165) is 17.7 Å². The number of methoxy groups -OCH3 is 1. The number of benzene rings is 1. The third-order valence-corrected chi connectivity index (χ3v) is 5.23. The Balaban J connectivity index is 0.000000302. The summed E-state index contributed by atoms with van der Waals surface area (Å²) in [6, 6.07) is 5.77. The summed E-state index contributed by atoms with van der Waals surface area (Å²) in [4.78, 5) is 28.3. The summed E-state index contributed by atoms with van der Waals surface area (Å²) in [6.07, 6.45) is 9.55. The molecule has 0 radical (unpaired) electrons. The lowest BCUT2D eigenvalue weighted by Crippen LogP contribution is -2.40. The van der Waals surface area contributed by atoms with Gasteiger partial charge in [0.05, 0.1) is 31.6 Å². The fourth-order valence-corrected chi connectivity index (χ4v) is 3.46. The highest BCUT2D eigenvalue weighted by atomic mass is 19.1. The number of imidazole rings is 1. The molecule has 0 saturated carbocycles. The van der Waals surface area contributed by atoms with Crippen LogP contribution in [-0.2, 0) is 9.47 Å². The van der Waals surface area contributed by atoms with Gasteiger partial charge in [-0.25, -0.2) is 18.6 Å². The molecule has 0 atom stereocenters. The number of hydrogen-bond acceptors (Lipinski definition) is 5. The number of ether oxygens (including phenoxy) is 2. The third-order valence-electron chi connectivity index (χ3n) is 5.23. The highest BCUT2D eigenvalue weighted by molar-refractivity contribution is 5.94. The number of morpholine rings is 1. The molecule has 0 bridgehead atoms. The van der Waals surface area contributed by atoms with E-state index in [1.165, 1.54) is 14.2 Å². The molecule has 0 aliphatic carbocycles. The second kappa shape index (κ2) is 12.5. The molecule has 2 aromatic heterocycles. The minimum atomic E-state index is -0.813. The van der Waals surface area contributed by atoms with Crippen molar-refractivity contribution in [1.82, 2.24) is 19.6 Å². The predicted molar refractivity (Wildman–Crippen MR) is 128 cm³/mol. The van der Waals surface area contributed by atoms with E-state index in [4.69, 9.17) is 4.74 Å². The number of hydrogen-bond donors (Lipinski definition) is 1. The number of halogens is 2. The Bertz CT molecular complexity index is 1190. The Morgan fingerprint density at radius 3 is 2.26 bits per heavy atom. The first kappa shape index (κ1) is 27.3. The van der Waals surface area contributed by atoms with Crippen LogP contribution in [0.25, 0.3) is 16.9 Å². The zero-order valence-electron chi connectivity index (χ0n) is 20.1. The fourth-order valence-electron chi connectivity index (χ4n) is 3.46. The van der Waals surface area contributed by atoms with E-state index in [9.17, 15) is 18.4 Å². The molecule has 1 aliphatic heterocycles. The first-order chi connectivity index (χ1) is 16.8. The number of amides is 2. The van der Waals surface area contributed by atoms with Crippen LogP contribution in [0.15, 0.2) is 30.5 Å². The van der Waals surface area contributed by atoms with Gasteiger partial charge in [-0.15, -0.1) is 12.8 Å². The molecule has 3 aromatic rings. The van der Waals surface area contributed by atoms with Crippen molar-refractivity contribution >= 4 is 17.6 Å². The molecular formula is C25H28F2N4O4. The van der Waals surface area contributed by atoms with Crippen molar-refractivity contribution < 1.29 is 27.8 Å². The van der Waals surface area contributed by atoms with Crippen molar-refractivity contribution in [3.63, 3.8) is 0 Å². The van der Waals surface area contributed by atoms with E-state index in [-0.39, 0.29) is 22.9 Å². The summed E-state index contributed by atoms with van der Waals surface area (Å²) in [5.74, 6) is -2.17. The molecular weight excluding hydrogens is 458 g/mol.